The van der Waals surface area contributed by atoms with E-state index in [2.05, 4.69) is 19.2 Å². The average Bonchev–Trinajstić information content (AvgIpc) is 3.01. The maximum Gasteiger partial charge on any atom is 0.224 e. The lowest BCUT2D eigenvalue weighted by Gasteiger charge is -2.59. The second kappa shape index (κ2) is 6.47. The monoisotopic (exact) mass is 358 g/mol. The predicted octanol–water partition coefficient (Wildman–Crippen LogP) is 3.21. The molecule has 1 unspecified atom stereocenters. The Bertz CT molecular complexity index is 642. The Hall–Kier alpha value is -1.16. The van der Waals surface area contributed by atoms with E-state index in [1.807, 2.05) is 6.08 Å². The van der Waals surface area contributed by atoms with Gasteiger partial charge in [0.05, 0.1) is 5.92 Å². The summed E-state index contributed by atoms with van der Waals surface area (Å²) in [7, 11) is 0. The molecular weight excluding hydrogens is 324 g/mol. The van der Waals surface area contributed by atoms with Crippen LogP contribution in [0.4, 0.5) is 0 Å². The molecule has 4 aliphatic rings. The SMILES string of the molecule is C[C@@]12CCC[C@H]1[C@@H]1CCC3=CC(=O)CC(C(=O)NCCN)[C@]3(C)[C@@H]1CC2. The van der Waals surface area contributed by atoms with Gasteiger partial charge in [0.2, 0.25) is 5.91 Å². The van der Waals surface area contributed by atoms with E-state index in [0.29, 0.717) is 30.8 Å². The summed E-state index contributed by atoms with van der Waals surface area (Å²) < 4.78 is 0. The molecule has 0 aliphatic heterocycles. The van der Waals surface area contributed by atoms with Crippen LogP contribution >= 0.6 is 0 Å². The zero-order valence-corrected chi connectivity index (χ0v) is 16.4. The van der Waals surface area contributed by atoms with Gasteiger partial charge in [-0.15, -0.1) is 0 Å². The van der Waals surface area contributed by atoms with Gasteiger partial charge in [-0.25, -0.2) is 0 Å². The number of amides is 1. The largest absolute Gasteiger partial charge is 0.355 e. The summed E-state index contributed by atoms with van der Waals surface area (Å²) >= 11 is 0. The molecule has 0 aromatic rings. The highest BCUT2D eigenvalue weighted by molar-refractivity contribution is 5.96. The van der Waals surface area contributed by atoms with E-state index >= 15 is 0 Å². The zero-order chi connectivity index (χ0) is 18.5. The molecule has 3 N–H and O–H groups in total. The second-order valence-corrected chi connectivity index (χ2v) is 9.76. The van der Waals surface area contributed by atoms with Gasteiger partial charge < -0.3 is 11.1 Å². The molecule has 6 atom stereocenters. The highest BCUT2D eigenvalue weighted by Gasteiger charge is 2.59. The van der Waals surface area contributed by atoms with Crippen molar-refractivity contribution in [2.75, 3.05) is 13.1 Å². The Morgan fingerprint density at radius 3 is 2.81 bits per heavy atom. The van der Waals surface area contributed by atoms with Crippen molar-refractivity contribution in [2.24, 2.45) is 40.2 Å². The minimum atomic E-state index is -0.222. The van der Waals surface area contributed by atoms with E-state index in [-0.39, 0.29) is 23.0 Å². The first-order chi connectivity index (χ1) is 12.4. The van der Waals surface area contributed by atoms with E-state index in [9.17, 15) is 9.59 Å². The van der Waals surface area contributed by atoms with Gasteiger partial charge in [0, 0.05) is 24.9 Å². The smallest absolute Gasteiger partial charge is 0.224 e. The van der Waals surface area contributed by atoms with E-state index in [4.69, 9.17) is 5.73 Å². The van der Waals surface area contributed by atoms with Crippen LogP contribution in [0.5, 0.6) is 0 Å². The number of nitrogens with one attached hydrogen (secondary N) is 1. The molecule has 3 saturated carbocycles. The minimum absolute atomic E-state index is 0.0392. The van der Waals surface area contributed by atoms with Crippen LogP contribution < -0.4 is 11.1 Å². The topological polar surface area (TPSA) is 72.2 Å². The van der Waals surface area contributed by atoms with Crippen LogP contribution in [-0.4, -0.2) is 24.8 Å². The van der Waals surface area contributed by atoms with Crippen molar-refractivity contribution >= 4 is 11.7 Å². The number of hydrogen-bond donors (Lipinski definition) is 2. The van der Waals surface area contributed by atoms with Gasteiger partial charge in [-0.2, -0.15) is 0 Å². The van der Waals surface area contributed by atoms with Crippen LogP contribution in [0.1, 0.15) is 65.2 Å². The van der Waals surface area contributed by atoms with Crippen LogP contribution in [0, 0.1) is 34.5 Å². The third-order valence-corrected chi connectivity index (χ3v) is 8.65. The molecule has 0 bridgehead atoms. The fraction of sp³-hybridized carbons (Fsp3) is 0.818. The molecule has 4 nitrogen and oxygen atoms in total. The van der Waals surface area contributed by atoms with Crippen molar-refractivity contribution in [3.8, 4) is 0 Å². The van der Waals surface area contributed by atoms with Crippen molar-refractivity contribution < 1.29 is 9.59 Å². The summed E-state index contributed by atoms with van der Waals surface area (Å²) in [6.45, 7) is 5.74. The molecule has 4 heteroatoms. The summed E-state index contributed by atoms with van der Waals surface area (Å²) in [5, 5.41) is 2.99. The van der Waals surface area contributed by atoms with Gasteiger partial charge in [0.15, 0.2) is 5.78 Å². The minimum Gasteiger partial charge on any atom is -0.355 e. The number of allylic oxidation sites excluding steroid dienone is 1. The van der Waals surface area contributed by atoms with Crippen LogP contribution in [0.15, 0.2) is 11.6 Å². The maximum absolute atomic E-state index is 13.0. The van der Waals surface area contributed by atoms with Gasteiger partial charge in [-0.05, 0) is 67.8 Å². The van der Waals surface area contributed by atoms with Crippen LogP contribution in [0.2, 0.25) is 0 Å². The molecule has 4 aliphatic carbocycles. The first-order valence-electron chi connectivity index (χ1n) is 10.6. The fourth-order valence-corrected chi connectivity index (χ4v) is 7.32. The Balaban J connectivity index is 1.69. The van der Waals surface area contributed by atoms with E-state index in [0.717, 1.165) is 18.3 Å². The molecule has 0 heterocycles. The van der Waals surface area contributed by atoms with Crippen LogP contribution in [-0.2, 0) is 9.59 Å². The number of ketones is 1. The predicted molar refractivity (Wildman–Crippen MR) is 102 cm³/mol. The quantitative estimate of drug-likeness (QED) is 0.814. The molecule has 0 aromatic heterocycles. The molecule has 0 spiro atoms. The zero-order valence-electron chi connectivity index (χ0n) is 16.4. The molecular formula is C22H34N2O2. The molecule has 0 saturated heterocycles. The first kappa shape index (κ1) is 18.2. The highest BCUT2D eigenvalue weighted by atomic mass is 16.2. The Kier molecular flexibility index (Phi) is 4.53. The summed E-state index contributed by atoms with van der Waals surface area (Å²) in [6.07, 6.45) is 11.0. The third-order valence-electron chi connectivity index (χ3n) is 8.65. The average molecular weight is 359 g/mol. The van der Waals surface area contributed by atoms with Gasteiger partial charge >= 0.3 is 0 Å². The molecule has 3 fully saturated rings. The lowest BCUT2D eigenvalue weighted by Crippen LogP contribution is -2.56. The van der Waals surface area contributed by atoms with Gasteiger partial charge in [0.25, 0.3) is 0 Å². The molecule has 1 amide bonds. The summed E-state index contributed by atoms with van der Waals surface area (Å²) in [5.41, 5.74) is 7.20. The first-order valence-corrected chi connectivity index (χ1v) is 10.6. The van der Waals surface area contributed by atoms with Gasteiger partial charge in [-0.1, -0.05) is 25.8 Å². The van der Waals surface area contributed by atoms with Gasteiger partial charge in [-0.3, -0.25) is 9.59 Å². The number of rotatable bonds is 3. The Morgan fingerprint density at radius 1 is 1.23 bits per heavy atom. The number of carbonyl (C=O) groups excluding carboxylic acids is 2. The lowest BCUT2D eigenvalue weighted by atomic mass is 9.45. The number of fused-ring (bicyclic) bond motifs is 5. The van der Waals surface area contributed by atoms with Crippen molar-refractivity contribution in [2.45, 2.75) is 65.2 Å². The molecule has 144 valence electrons. The lowest BCUT2D eigenvalue weighted by molar-refractivity contribution is -0.139. The normalized spacial score (nSPS) is 44.6. The van der Waals surface area contributed by atoms with Crippen LogP contribution in [0.3, 0.4) is 0 Å². The van der Waals surface area contributed by atoms with Crippen molar-refractivity contribution in [3.05, 3.63) is 11.6 Å². The molecule has 0 radical (unpaired) electrons. The van der Waals surface area contributed by atoms with Crippen LogP contribution in [0.25, 0.3) is 0 Å². The van der Waals surface area contributed by atoms with Crippen molar-refractivity contribution in [1.82, 2.24) is 5.32 Å². The van der Waals surface area contributed by atoms with Crippen molar-refractivity contribution in [3.63, 3.8) is 0 Å². The second-order valence-electron chi connectivity index (χ2n) is 9.76. The Labute approximate surface area is 157 Å². The van der Waals surface area contributed by atoms with E-state index < -0.39 is 0 Å². The number of hydrogen-bond acceptors (Lipinski definition) is 3. The van der Waals surface area contributed by atoms with Crippen molar-refractivity contribution in [1.29, 1.82) is 0 Å². The van der Waals surface area contributed by atoms with E-state index in [1.165, 1.54) is 44.1 Å². The van der Waals surface area contributed by atoms with E-state index in [1.54, 1.807) is 0 Å². The molecule has 4 rings (SSSR count). The molecule has 26 heavy (non-hydrogen) atoms. The summed E-state index contributed by atoms with van der Waals surface area (Å²) in [4.78, 5) is 25.3. The number of nitrogens with two attached hydrogens (primary N) is 1. The van der Waals surface area contributed by atoms with Gasteiger partial charge in [0.1, 0.15) is 0 Å². The fourth-order valence-electron chi connectivity index (χ4n) is 7.32. The summed E-state index contributed by atoms with van der Waals surface area (Å²) in [6, 6.07) is 0. The summed E-state index contributed by atoms with van der Waals surface area (Å²) in [5.74, 6) is 2.02. The third kappa shape index (κ3) is 2.59. The molecule has 0 aromatic carbocycles. The number of carbonyl (C=O) groups is 2. The Morgan fingerprint density at radius 2 is 2.04 bits per heavy atom. The maximum atomic E-state index is 13.0. The standard InChI is InChI=1S/C22H34N2O2/c1-21-8-3-4-17(21)16-6-5-14-12-15(25)13-19(20(26)24-11-10-23)22(14,2)18(16)7-9-21/h12,16-19H,3-11,13,23H2,1-2H3,(H,24,26)/t16-,17-,18+,19?,21-,22-/m0/s1. The highest BCUT2D eigenvalue weighted by Crippen LogP contribution is 2.66.